The molecule has 33 heavy (non-hydrogen) atoms. The van der Waals surface area contributed by atoms with E-state index < -0.39 is 15.8 Å². The van der Waals surface area contributed by atoms with Crippen molar-refractivity contribution in [2.45, 2.75) is 24.9 Å². The van der Waals surface area contributed by atoms with Gasteiger partial charge in [-0.25, -0.2) is 13.1 Å². The summed E-state index contributed by atoms with van der Waals surface area (Å²) in [5, 5.41) is 15.1. The Morgan fingerprint density at radius 1 is 1.09 bits per heavy atom. The van der Waals surface area contributed by atoms with Crippen LogP contribution in [0.15, 0.2) is 64.3 Å². The molecular weight excluding hydrogens is 466 g/mol. The third kappa shape index (κ3) is 4.55. The molecule has 2 aromatic carbocycles. The topological polar surface area (TPSA) is 111 Å². The van der Waals surface area contributed by atoms with Crippen molar-refractivity contribution < 1.29 is 18.3 Å². The average Bonchev–Trinajstić information content (AvgIpc) is 3.00. The van der Waals surface area contributed by atoms with E-state index in [4.69, 9.17) is 11.6 Å². The second-order valence-electron chi connectivity index (χ2n) is 7.73. The molecule has 2 aromatic heterocycles. The fourth-order valence-electron chi connectivity index (χ4n) is 3.83. The van der Waals surface area contributed by atoms with E-state index in [1.807, 2.05) is 0 Å². The van der Waals surface area contributed by atoms with Gasteiger partial charge in [-0.05, 0) is 48.9 Å². The van der Waals surface area contributed by atoms with E-state index >= 15 is 0 Å². The summed E-state index contributed by atoms with van der Waals surface area (Å²) in [4.78, 5) is 24.1. The van der Waals surface area contributed by atoms with Crippen LogP contribution < -0.4 is 5.56 Å². The highest BCUT2D eigenvalue weighted by molar-refractivity contribution is 7.90. The van der Waals surface area contributed by atoms with Gasteiger partial charge in [-0.2, -0.15) is 5.10 Å². The van der Waals surface area contributed by atoms with E-state index in [2.05, 4.69) is 5.10 Å². The van der Waals surface area contributed by atoms with Gasteiger partial charge in [-0.3, -0.25) is 9.59 Å². The van der Waals surface area contributed by atoms with Crippen LogP contribution in [0.25, 0.3) is 22.2 Å². The van der Waals surface area contributed by atoms with Crippen molar-refractivity contribution in [2.24, 2.45) is 0 Å². The highest BCUT2D eigenvalue weighted by Crippen LogP contribution is 2.35. The number of aromatic nitrogens is 3. The molecule has 0 spiro atoms. The smallest absolute Gasteiger partial charge is 0.323 e. The number of sulfone groups is 1. The SMILES string of the molecule is Cc1c(-c2ccc(=O)n(Cc3ccc(S(C)(=O)=O)cc3)n2)c2cc(Cl)ccc2n1CC(=O)O. The van der Waals surface area contributed by atoms with Crippen LogP contribution in [0.1, 0.15) is 11.3 Å². The normalized spacial score (nSPS) is 11.7. The van der Waals surface area contributed by atoms with E-state index in [1.54, 1.807) is 47.9 Å². The third-order valence-electron chi connectivity index (χ3n) is 5.39. The minimum atomic E-state index is -3.32. The molecule has 4 rings (SSSR count). The lowest BCUT2D eigenvalue weighted by Crippen LogP contribution is -2.23. The van der Waals surface area contributed by atoms with E-state index in [1.165, 1.54) is 22.9 Å². The Morgan fingerprint density at radius 3 is 2.42 bits per heavy atom. The predicted octanol–water partition coefficient (Wildman–Crippen LogP) is 3.36. The molecule has 0 fully saturated rings. The Labute approximate surface area is 194 Å². The molecule has 0 bridgehead atoms. The van der Waals surface area contributed by atoms with Crippen molar-refractivity contribution in [2.75, 3.05) is 6.26 Å². The number of nitrogens with zero attached hydrogens (tertiary/aromatic N) is 3. The molecule has 4 aromatic rings. The number of aliphatic carboxylic acids is 1. The second-order valence-corrected chi connectivity index (χ2v) is 10.2. The first kappa shape index (κ1) is 22.8. The van der Waals surface area contributed by atoms with Crippen molar-refractivity contribution in [3.05, 3.63) is 81.2 Å². The van der Waals surface area contributed by atoms with E-state index in [0.717, 1.165) is 11.6 Å². The maximum atomic E-state index is 12.5. The molecule has 1 N–H and O–H groups in total. The molecule has 0 aliphatic heterocycles. The Balaban J connectivity index is 1.81. The lowest BCUT2D eigenvalue weighted by atomic mass is 10.1. The Hall–Kier alpha value is -3.43. The largest absolute Gasteiger partial charge is 0.480 e. The maximum absolute atomic E-state index is 12.5. The first-order valence-electron chi connectivity index (χ1n) is 9.92. The molecule has 2 heterocycles. The molecule has 0 atom stereocenters. The molecule has 0 amide bonds. The maximum Gasteiger partial charge on any atom is 0.323 e. The summed E-state index contributed by atoms with van der Waals surface area (Å²) in [6.07, 6.45) is 1.13. The van der Waals surface area contributed by atoms with Crippen LogP contribution in [-0.2, 0) is 27.7 Å². The predicted molar refractivity (Wildman–Crippen MR) is 125 cm³/mol. The second kappa shape index (κ2) is 8.49. The number of rotatable bonds is 6. The van der Waals surface area contributed by atoms with Gasteiger partial charge in [0.15, 0.2) is 9.84 Å². The summed E-state index contributed by atoms with van der Waals surface area (Å²) in [5.41, 5.74) is 2.96. The highest BCUT2D eigenvalue weighted by atomic mass is 35.5. The van der Waals surface area contributed by atoms with Crippen LogP contribution >= 0.6 is 11.6 Å². The molecule has 0 radical (unpaired) electrons. The van der Waals surface area contributed by atoms with Gasteiger partial charge in [0.25, 0.3) is 5.56 Å². The van der Waals surface area contributed by atoms with E-state index in [9.17, 15) is 23.1 Å². The molecule has 170 valence electrons. The average molecular weight is 486 g/mol. The van der Waals surface area contributed by atoms with Crippen molar-refractivity contribution >= 4 is 38.3 Å². The van der Waals surface area contributed by atoms with Crippen LogP contribution in [0.5, 0.6) is 0 Å². The van der Waals surface area contributed by atoms with Crippen molar-refractivity contribution in [1.82, 2.24) is 14.3 Å². The summed E-state index contributed by atoms with van der Waals surface area (Å²) >= 11 is 6.21. The highest BCUT2D eigenvalue weighted by Gasteiger charge is 2.19. The number of halogens is 1. The van der Waals surface area contributed by atoms with Gasteiger partial charge in [-0.15, -0.1) is 0 Å². The van der Waals surface area contributed by atoms with Crippen molar-refractivity contribution in [3.8, 4) is 11.3 Å². The fraction of sp³-hybridized carbons (Fsp3) is 0.174. The number of benzene rings is 2. The van der Waals surface area contributed by atoms with Crippen LogP contribution in [-0.4, -0.2) is 40.1 Å². The molecule has 0 aliphatic carbocycles. The molecule has 0 saturated carbocycles. The van der Waals surface area contributed by atoms with Crippen LogP contribution in [0.2, 0.25) is 5.02 Å². The van der Waals surface area contributed by atoms with Crippen molar-refractivity contribution in [1.29, 1.82) is 0 Å². The van der Waals surface area contributed by atoms with Gasteiger partial charge in [-0.1, -0.05) is 23.7 Å². The zero-order chi connectivity index (χ0) is 23.9. The quantitative estimate of drug-likeness (QED) is 0.448. The van der Waals surface area contributed by atoms with Gasteiger partial charge in [0.05, 0.1) is 17.1 Å². The lowest BCUT2D eigenvalue weighted by molar-refractivity contribution is -0.137. The Kier molecular flexibility index (Phi) is 5.85. The minimum absolute atomic E-state index is 0.143. The molecule has 0 saturated heterocycles. The zero-order valence-corrected chi connectivity index (χ0v) is 19.4. The fourth-order valence-corrected chi connectivity index (χ4v) is 4.63. The minimum Gasteiger partial charge on any atom is -0.480 e. The summed E-state index contributed by atoms with van der Waals surface area (Å²) in [7, 11) is -3.32. The summed E-state index contributed by atoms with van der Waals surface area (Å²) in [6.45, 7) is 1.72. The van der Waals surface area contributed by atoms with Gasteiger partial charge >= 0.3 is 5.97 Å². The Morgan fingerprint density at radius 2 is 1.79 bits per heavy atom. The van der Waals surface area contributed by atoms with Crippen LogP contribution in [0, 0.1) is 6.92 Å². The number of carboxylic acids is 1. The van der Waals surface area contributed by atoms with Crippen molar-refractivity contribution in [3.63, 3.8) is 0 Å². The van der Waals surface area contributed by atoms with Gasteiger partial charge < -0.3 is 9.67 Å². The number of carboxylic acid groups (broad SMARTS) is 1. The number of fused-ring (bicyclic) bond motifs is 1. The van der Waals surface area contributed by atoms with Gasteiger partial charge in [0, 0.05) is 39.5 Å². The zero-order valence-electron chi connectivity index (χ0n) is 17.8. The summed E-state index contributed by atoms with van der Waals surface area (Å²) in [5.74, 6) is -0.980. The van der Waals surface area contributed by atoms with Gasteiger partial charge in [0.2, 0.25) is 0 Å². The lowest BCUT2D eigenvalue weighted by Gasteiger charge is -2.09. The summed E-state index contributed by atoms with van der Waals surface area (Å²) < 4.78 is 26.3. The number of hydrogen-bond donors (Lipinski definition) is 1. The first-order chi connectivity index (χ1) is 15.5. The van der Waals surface area contributed by atoms with Crippen LogP contribution in [0.3, 0.4) is 0 Å². The Bertz CT molecular complexity index is 1550. The molecule has 0 unspecified atom stereocenters. The standard InChI is InChI=1S/C23H20ClN3O5S/c1-14-23(18-11-16(24)5-9-20(18)26(14)13-22(29)30)19-8-10-21(28)27(25-19)12-15-3-6-17(7-4-15)33(2,31)32/h3-11H,12-13H2,1-2H3,(H,29,30). The van der Waals surface area contributed by atoms with Gasteiger partial charge in [0.1, 0.15) is 6.54 Å². The van der Waals surface area contributed by atoms with E-state index in [0.29, 0.717) is 33.1 Å². The first-order valence-corrected chi connectivity index (χ1v) is 12.2. The molecule has 8 nitrogen and oxygen atoms in total. The summed E-state index contributed by atoms with van der Waals surface area (Å²) in [6, 6.07) is 14.5. The molecule has 0 aliphatic rings. The number of carbonyl (C=O) groups is 1. The third-order valence-corrected chi connectivity index (χ3v) is 6.75. The van der Waals surface area contributed by atoms with Crippen LogP contribution in [0.4, 0.5) is 0 Å². The number of hydrogen-bond acceptors (Lipinski definition) is 5. The molecular formula is C23H20ClN3O5S. The monoisotopic (exact) mass is 485 g/mol. The molecule has 10 heteroatoms. The van der Waals surface area contributed by atoms with E-state index in [-0.39, 0.29) is 23.5 Å².